The van der Waals surface area contributed by atoms with Gasteiger partial charge in [0.25, 0.3) is 0 Å². The molecule has 1 saturated carbocycles. The van der Waals surface area contributed by atoms with Crippen molar-refractivity contribution in [3.05, 3.63) is 29.8 Å². The first-order chi connectivity index (χ1) is 12.7. The Morgan fingerprint density at radius 1 is 1.31 bits per heavy atom. The molecule has 1 heterocycles. The molecule has 144 valence electrons. The molecule has 5 nitrogen and oxygen atoms in total. The lowest BCUT2D eigenvalue weighted by molar-refractivity contribution is 0.157. The highest BCUT2D eigenvalue weighted by Gasteiger charge is 2.36. The van der Waals surface area contributed by atoms with Gasteiger partial charge in [-0.3, -0.25) is 4.99 Å². The normalized spacial score (nSPS) is 22.7. The van der Waals surface area contributed by atoms with Crippen LogP contribution in [0.3, 0.4) is 0 Å². The molecule has 0 aromatic heterocycles. The summed E-state index contributed by atoms with van der Waals surface area (Å²) in [5.74, 6) is 2.58. The summed E-state index contributed by atoms with van der Waals surface area (Å²) in [4.78, 5) is 6.92. The van der Waals surface area contributed by atoms with E-state index >= 15 is 0 Å². The van der Waals surface area contributed by atoms with Crippen LogP contribution in [0.2, 0.25) is 0 Å². The molecule has 26 heavy (non-hydrogen) atoms. The molecule has 0 radical (unpaired) electrons. The Hall–Kier alpha value is -1.75. The summed E-state index contributed by atoms with van der Waals surface area (Å²) in [7, 11) is 5.41. The minimum Gasteiger partial charge on any atom is -0.497 e. The van der Waals surface area contributed by atoms with E-state index in [0.717, 1.165) is 38.0 Å². The number of methoxy groups -OCH3 is 2. The van der Waals surface area contributed by atoms with Crippen LogP contribution in [-0.4, -0.2) is 58.4 Å². The summed E-state index contributed by atoms with van der Waals surface area (Å²) in [5.41, 5.74) is 1.56. The molecule has 3 rings (SSSR count). The van der Waals surface area contributed by atoms with Gasteiger partial charge in [0.2, 0.25) is 0 Å². The predicted octanol–water partition coefficient (Wildman–Crippen LogP) is 3.05. The first kappa shape index (κ1) is 19.0. The lowest BCUT2D eigenvalue weighted by Crippen LogP contribution is -2.46. The van der Waals surface area contributed by atoms with E-state index in [2.05, 4.69) is 33.4 Å². The third-order valence-electron chi connectivity index (χ3n) is 6.03. The average molecular weight is 360 g/mol. The molecule has 0 bridgehead atoms. The van der Waals surface area contributed by atoms with E-state index in [1.165, 1.54) is 37.7 Å². The van der Waals surface area contributed by atoms with Gasteiger partial charge in [0.1, 0.15) is 5.75 Å². The molecular weight excluding hydrogens is 326 g/mol. The van der Waals surface area contributed by atoms with Crippen LogP contribution >= 0.6 is 0 Å². The Labute approximate surface area is 157 Å². The second-order valence-electron chi connectivity index (χ2n) is 7.68. The molecule has 1 saturated heterocycles. The van der Waals surface area contributed by atoms with Crippen molar-refractivity contribution >= 4 is 5.96 Å². The third-order valence-corrected chi connectivity index (χ3v) is 6.03. The maximum Gasteiger partial charge on any atom is 0.193 e. The van der Waals surface area contributed by atoms with Crippen LogP contribution in [0, 0.1) is 5.92 Å². The number of nitrogens with one attached hydrogen (secondary N) is 1. The number of guanidine groups is 1. The highest BCUT2D eigenvalue weighted by atomic mass is 16.5. The maximum atomic E-state index is 5.46. The quantitative estimate of drug-likeness (QED) is 0.626. The zero-order valence-corrected chi connectivity index (χ0v) is 16.5. The molecule has 1 aliphatic carbocycles. The number of nitrogens with zero attached hydrogens (tertiary/aromatic N) is 2. The molecule has 0 amide bonds. The van der Waals surface area contributed by atoms with Gasteiger partial charge in [0.05, 0.1) is 13.7 Å². The van der Waals surface area contributed by atoms with E-state index in [1.54, 1.807) is 14.2 Å². The van der Waals surface area contributed by atoms with Gasteiger partial charge in [0, 0.05) is 45.1 Å². The Morgan fingerprint density at radius 2 is 2.12 bits per heavy atom. The summed E-state index contributed by atoms with van der Waals surface area (Å²) in [6.45, 7) is 3.85. The van der Waals surface area contributed by atoms with Crippen molar-refractivity contribution < 1.29 is 9.47 Å². The zero-order valence-electron chi connectivity index (χ0n) is 16.5. The maximum absolute atomic E-state index is 5.46. The fourth-order valence-electron chi connectivity index (χ4n) is 4.55. The van der Waals surface area contributed by atoms with Gasteiger partial charge in [-0.2, -0.15) is 0 Å². The molecule has 1 unspecified atom stereocenters. The SMILES string of the molecule is CN=C(NCC1(c2cccc(OC)c2)CCCC1)N1CCC(COC)C1. The van der Waals surface area contributed by atoms with Gasteiger partial charge in [-0.1, -0.05) is 25.0 Å². The summed E-state index contributed by atoms with van der Waals surface area (Å²) in [6.07, 6.45) is 6.19. The van der Waals surface area contributed by atoms with Crippen LogP contribution < -0.4 is 10.1 Å². The van der Waals surface area contributed by atoms with Crippen LogP contribution in [0.1, 0.15) is 37.7 Å². The van der Waals surface area contributed by atoms with Gasteiger partial charge in [-0.05, 0) is 37.0 Å². The summed E-state index contributed by atoms with van der Waals surface area (Å²) in [6, 6.07) is 8.60. The number of rotatable bonds is 6. The van der Waals surface area contributed by atoms with E-state index in [9.17, 15) is 0 Å². The predicted molar refractivity (Wildman–Crippen MR) is 106 cm³/mol. The van der Waals surface area contributed by atoms with Crippen molar-refractivity contribution in [1.82, 2.24) is 10.2 Å². The fourth-order valence-corrected chi connectivity index (χ4v) is 4.55. The molecule has 5 heteroatoms. The lowest BCUT2D eigenvalue weighted by Gasteiger charge is -2.32. The second-order valence-corrected chi connectivity index (χ2v) is 7.68. The average Bonchev–Trinajstić information content (AvgIpc) is 3.33. The Kier molecular flexibility index (Phi) is 6.41. The second kappa shape index (κ2) is 8.76. The Morgan fingerprint density at radius 3 is 2.81 bits per heavy atom. The number of benzene rings is 1. The molecule has 2 fully saturated rings. The molecular formula is C21H33N3O2. The summed E-state index contributed by atoms with van der Waals surface area (Å²) < 4.78 is 10.8. The van der Waals surface area contributed by atoms with Crippen molar-refractivity contribution in [2.24, 2.45) is 10.9 Å². The van der Waals surface area contributed by atoms with Crippen molar-refractivity contribution in [2.75, 3.05) is 47.5 Å². The smallest absolute Gasteiger partial charge is 0.193 e. The number of hydrogen-bond acceptors (Lipinski definition) is 3. The van der Waals surface area contributed by atoms with E-state index in [-0.39, 0.29) is 5.41 Å². The van der Waals surface area contributed by atoms with Gasteiger partial charge in [-0.25, -0.2) is 0 Å². The Balaban J connectivity index is 1.68. The molecule has 1 aliphatic heterocycles. The van der Waals surface area contributed by atoms with E-state index in [4.69, 9.17) is 9.47 Å². The van der Waals surface area contributed by atoms with Crippen LogP contribution in [0.25, 0.3) is 0 Å². The lowest BCUT2D eigenvalue weighted by atomic mass is 9.78. The summed E-state index contributed by atoms with van der Waals surface area (Å²) in [5, 5.41) is 3.69. The zero-order chi connectivity index (χ0) is 18.4. The third kappa shape index (κ3) is 4.14. The van der Waals surface area contributed by atoms with E-state index in [0.29, 0.717) is 5.92 Å². The molecule has 2 aliphatic rings. The molecule has 0 spiro atoms. The fraction of sp³-hybridized carbons (Fsp3) is 0.667. The molecule has 1 aromatic carbocycles. The Bertz CT molecular complexity index is 611. The van der Waals surface area contributed by atoms with Crippen molar-refractivity contribution in [1.29, 1.82) is 0 Å². The minimum atomic E-state index is 0.177. The molecule has 1 N–H and O–H groups in total. The first-order valence-electron chi connectivity index (χ1n) is 9.80. The van der Waals surface area contributed by atoms with Crippen molar-refractivity contribution in [2.45, 2.75) is 37.5 Å². The van der Waals surface area contributed by atoms with Gasteiger partial charge < -0.3 is 19.7 Å². The largest absolute Gasteiger partial charge is 0.497 e. The highest BCUT2D eigenvalue weighted by molar-refractivity contribution is 5.80. The number of likely N-dealkylation sites (tertiary alicyclic amines) is 1. The van der Waals surface area contributed by atoms with Crippen LogP contribution in [0.15, 0.2) is 29.3 Å². The molecule has 1 atom stereocenters. The van der Waals surface area contributed by atoms with Gasteiger partial charge in [-0.15, -0.1) is 0 Å². The number of hydrogen-bond donors (Lipinski definition) is 1. The summed E-state index contributed by atoms with van der Waals surface area (Å²) >= 11 is 0. The van der Waals surface area contributed by atoms with Crippen molar-refractivity contribution in [3.63, 3.8) is 0 Å². The van der Waals surface area contributed by atoms with Gasteiger partial charge in [0.15, 0.2) is 5.96 Å². The van der Waals surface area contributed by atoms with E-state index < -0.39 is 0 Å². The van der Waals surface area contributed by atoms with Crippen LogP contribution in [0.5, 0.6) is 5.75 Å². The standard InChI is InChI=1S/C21H33N3O2/c1-22-20(24-12-9-17(14-24)15-25-2)23-16-21(10-4-5-11-21)18-7-6-8-19(13-18)26-3/h6-8,13,17H,4-5,9-12,14-16H2,1-3H3,(H,22,23). The first-order valence-corrected chi connectivity index (χ1v) is 9.80. The number of aliphatic imine (C=N–C) groups is 1. The van der Waals surface area contributed by atoms with Crippen LogP contribution in [-0.2, 0) is 10.2 Å². The van der Waals surface area contributed by atoms with Crippen molar-refractivity contribution in [3.8, 4) is 5.75 Å². The minimum absolute atomic E-state index is 0.177. The van der Waals surface area contributed by atoms with Gasteiger partial charge >= 0.3 is 0 Å². The molecule has 1 aromatic rings. The highest BCUT2D eigenvalue weighted by Crippen LogP contribution is 2.41. The van der Waals surface area contributed by atoms with Crippen LogP contribution in [0.4, 0.5) is 0 Å². The van der Waals surface area contributed by atoms with E-state index in [1.807, 2.05) is 13.1 Å². The topological polar surface area (TPSA) is 46.1 Å². The number of ether oxygens (including phenoxy) is 2. The monoisotopic (exact) mass is 359 g/mol.